The lowest BCUT2D eigenvalue weighted by molar-refractivity contribution is -0.142. The fraction of sp³-hybridized carbons (Fsp3) is 0.524. The van der Waals surface area contributed by atoms with E-state index in [9.17, 15) is 29.4 Å². The number of nitrogens with zero attached hydrogens (tertiary/aromatic N) is 2. The quantitative estimate of drug-likeness (QED) is 0.159. The molecular weight excluding hydrogens is 460 g/mol. The van der Waals surface area contributed by atoms with Crippen LogP contribution in [-0.4, -0.2) is 90.7 Å². The Morgan fingerprint density at radius 1 is 1.00 bits per heavy atom. The Bertz CT molecular complexity index is 988. The standard InChI is InChI=1S/C21H30N8O6/c1-11(30)17(29-18(31)14-3-2-4-24-14)20(33)27-15(5-12-7-22-9-25-12)19(32)28-16(21(34)35)6-13-8-23-10-26-13/h7-11,14-17,24,30H,2-6H2,1H3,(H,22,25)(H,23,26)(H,27,33)(H,28,32)(H,29,31)(H,34,35). The number of imidazole rings is 2. The van der Waals surface area contributed by atoms with Gasteiger partial charge in [-0.1, -0.05) is 0 Å². The molecule has 0 aromatic carbocycles. The molecule has 3 rings (SSSR count). The first-order chi connectivity index (χ1) is 16.7. The molecule has 1 aliphatic heterocycles. The molecule has 8 N–H and O–H groups in total. The van der Waals surface area contributed by atoms with Crippen molar-refractivity contribution in [2.75, 3.05) is 6.54 Å². The third-order valence-electron chi connectivity index (χ3n) is 5.64. The largest absolute Gasteiger partial charge is 0.480 e. The van der Waals surface area contributed by atoms with Gasteiger partial charge in [-0.2, -0.15) is 0 Å². The Kier molecular flexibility index (Phi) is 8.92. The number of carbonyl (C=O) groups excluding carboxylic acids is 3. The lowest BCUT2D eigenvalue weighted by Crippen LogP contribution is -2.60. The molecule has 1 aliphatic rings. The van der Waals surface area contributed by atoms with E-state index in [0.717, 1.165) is 6.42 Å². The van der Waals surface area contributed by atoms with E-state index >= 15 is 0 Å². The van der Waals surface area contributed by atoms with Crippen LogP contribution in [-0.2, 0) is 32.0 Å². The number of amides is 3. The summed E-state index contributed by atoms with van der Waals surface area (Å²) in [4.78, 5) is 63.6. The van der Waals surface area contributed by atoms with E-state index in [1.54, 1.807) is 0 Å². The van der Waals surface area contributed by atoms with Crippen LogP contribution >= 0.6 is 0 Å². The number of aliphatic hydroxyl groups is 1. The molecule has 5 unspecified atom stereocenters. The molecule has 0 radical (unpaired) electrons. The van der Waals surface area contributed by atoms with Gasteiger partial charge >= 0.3 is 5.97 Å². The summed E-state index contributed by atoms with van der Waals surface area (Å²) in [5.74, 6) is -3.24. The predicted molar refractivity (Wildman–Crippen MR) is 121 cm³/mol. The number of carboxylic acids is 1. The minimum atomic E-state index is -1.32. The first kappa shape index (κ1) is 25.8. The fourth-order valence-corrected chi connectivity index (χ4v) is 3.74. The van der Waals surface area contributed by atoms with Crippen molar-refractivity contribution in [2.45, 2.75) is 62.9 Å². The van der Waals surface area contributed by atoms with Crippen LogP contribution in [0.1, 0.15) is 31.2 Å². The second kappa shape index (κ2) is 12.1. The number of aliphatic carboxylic acids is 1. The molecule has 3 amide bonds. The SMILES string of the molecule is CC(O)C(NC(=O)C1CCCN1)C(=O)NC(Cc1cnc[nH]1)C(=O)NC(Cc1cnc[nH]1)C(=O)O. The molecule has 1 fully saturated rings. The lowest BCUT2D eigenvalue weighted by Gasteiger charge is -2.26. The fourth-order valence-electron chi connectivity index (χ4n) is 3.74. The Morgan fingerprint density at radius 3 is 2.09 bits per heavy atom. The molecule has 190 valence electrons. The lowest BCUT2D eigenvalue weighted by atomic mass is 10.1. The van der Waals surface area contributed by atoms with Gasteiger partial charge in [0, 0.05) is 36.6 Å². The summed E-state index contributed by atoms with van der Waals surface area (Å²) in [5.41, 5.74) is 1.02. The Hall–Kier alpha value is -3.78. The number of aromatic nitrogens is 4. The Balaban J connectivity index is 1.71. The monoisotopic (exact) mass is 490 g/mol. The summed E-state index contributed by atoms with van der Waals surface area (Å²) in [6.07, 6.45) is 5.80. The van der Waals surface area contributed by atoms with E-state index in [2.05, 4.69) is 41.2 Å². The van der Waals surface area contributed by atoms with Crippen molar-refractivity contribution >= 4 is 23.7 Å². The number of hydrogen-bond acceptors (Lipinski definition) is 8. The van der Waals surface area contributed by atoms with Gasteiger partial charge in [-0.05, 0) is 26.3 Å². The van der Waals surface area contributed by atoms with Crippen LogP contribution in [0.3, 0.4) is 0 Å². The highest BCUT2D eigenvalue weighted by atomic mass is 16.4. The molecule has 3 heterocycles. The number of H-pyrrole nitrogens is 2. The Morgan fingerprint density at radius 2 is 1.60 bits per heavy atom. The topological polar surface area (TPSA) is 214 Å². The molecule has 0 saturated carbocycles. The molecule has 2 aromatic rings. The molecule has 1 saturated heterocycles. The maximum Gasteiger partial charge on any atom is 0.326 e. The third kappa shape index (κ3) is 7.35. The molecule has 14 heteroatoms. The molecular formula is C21H30N8O6. The smallest absolute Gasteiger partial charge is 0.326 e. The summed E-state index contributed by atoms with van der Waals surface area (Å²) in [5, 5.41) is 30.2. The maximum absolute atomic E-state index is 13.1. The molecule has 0 spiro atoms. The van der Waals surface area contributed by atoms with Crippen molar-refractivity contribution in [1.82, 2.24) is 41.2 Å². The van der Waals surface area contributed by atoms with Gasteiger partial charge in [0.25, 0.3) is 0 Å². The van der Waals surface area contributed by atoms with Crippen molar-refractivity contribution in [1.29, 1.82) is 0 Å². The number of nitrogens with one attached hydrogen (secondary N) is 6. The van der Waals surface area contributed by atoms with Gasteiger partial charge in [-0.15, -0.1) is 0 Å². The van der Waals surface area contributed by atoms with E-state index in [-0.39, 0.29) is 12.8 Å². The predicted octanol–water partition coefficient (Wildman–Crippen LogP) is -2.41. The minimum Gasteiger partial charge on any atom is -0.480 e. The number of aliphatic hydroxyl groups excluding tert-OH is 1. The molecule has 2 aromatic heterocycles. The van der Waals surface area contributed by atoms with Gasteiger partial charge in [0.2, 0.25) is 17.7 Å². The van der Waals surface area contributed by atoms with E-state index in [1.165, 1.54) is 32.0 Å². The molecule has 0 aliphatic carbocycles. The van der Waals surface area contributed by atoms with Crippen LogP contribution in [0.15, 0.2) is 25.0 Å². The highest BCUT2D eigenvalue weighted by molar-refractivity contribution is 5.94. The van der Waals surface area contributed by atoms with Gasteiger partial charge in [-0.25, -0.2) is 14.8 Å². The summed E-state index contributed by atoms with van der Waals surface area (Å²) in [6.45, 7) is 2.03. The zero-order chi connectivity index (χ0) is 25.4. The Labute approximate surface area is 200 Å². The molecule has 0 bridgehead atoms. The van der Waals surface area contributed by atoms with Crippen molar-refractivity contribution in [3.8, 4) is 0 Å². The molecule has 5 atom stereocenters. The summed E-state index contributed by atoms with van der Waals surface area (Å²) < 4.78 is 0. The minimum absolute atomic E-state index is 0.0291. The normalized spacial score (nSPS) is 18.7. The molecule has 14 nitrogen and oxygen atoms in total. The van der Waals surface area contributed by atoms with Gasteiger partial charge in [-0.3, -0.25) is 14.4 Å². The first-order valence-electron chi connectivity index (χ1n) is 11.2. The third-order valence-corrected chi connectivity index (χ3v) is 5.64. The van der Waals surface area contributed by atoms with Crippen LogP contribution in [0.25, 0.3) is 0 Å². The maximum atomic E-state index is 13.1. The zero-order valence-corrected chi connectivity index (χ0v) is 19.2. The highest BCUT2D eigenvalue weighted by Gasteiger charge is 2.33. The van der Waals surface area contributed by atoms with Crippen LogP contribution in [0.5, 0.6) is 0 Å². The number of rotatable bonds is 12. The number of aromatic amines is 2. The first-order valence-corrected chi connectivity index (χ1v) is 11.2. The zero-order valence-electron chi connectivity index (χ0n) is 19.2. The van der Waals surface area contributed by atoms with E-state index in [0.29, 0.717) is 24.4 Å². The van der Waals surface area contributed by atoms with Crippen molar-refractivity contribution in [3.63, 3.8) is 0 Å². The van der Waals surface area contributed by atoms with Crippen LogP contribution in [0.4, 0.5) is 0 Å². The molecule has 35 heavy (non-hydrogen) atoms. The van der Waals surface area contributed by atoms with Gasteiger partial charge in [0.05, 0.1) is 24.8 Å². The summed E-state index contributed by atoms with van der Waals surface area (Å²) >= 11 is 0. The second-order valence-corrected chi connectivity index (χ2v) is 8.40. The summed E-state index contributed by atoms with van der Waals surface area (Å²) in [7, 11) is 0. The van der Waals surface area contributed by atoms with Crippen LogP contribution < -0.4 is 21.3 Å². The van der Waals surface area contributed by atoms with Crippen molar-refractivity contribution < 1.29 is 29.4 Å². The van der Waals surface area contributed by atoms with E-state index < -0.39 is 54.0 Å². The highest BCUT2D eigenvalue weighted by Crippen LogP contribution is 2.07. The van der Waals surface area contributed by atoms with Gasteiger partial charge in [0.15, 0.2) is 0 Å². The van der Waals surface area contributed by atoms with E-state index in [1.807, 2.05) is 0 Å². The second-order valence-electron chi connectivity index (χ2n) is 8.40. The number of hydrogen-bond donors (Lipinski definition) is 8. The van der Waals surface area contributed by atoms with Crippen molar-refractivity contribution in [3.05, 3.63) is 36.4 Å². The number of carboxylic acid groups (broad SMARTS) is 1. The van der Waals surface area contributed by atoms with E-state index in [4.69, 9.17) is 0 Å². The van der Waals surface area contributed by atoms with Crippen LogP contribution in [0.2, 0.25) is 0 Å². The average molecular weight is 491 g/mol. The summed E-state index contributed by atoms with van der Waals surface area (Å²) in [6, 6.07) is -4.28. The average Bonchev–Trinajstić information content (AvgIpc) is 3.59. The number of carbonyl (C=O) groups is 4. The van der Waals surface area contributed by atoms with Gasteiger partial charge < -0.3 is 41.4 Å². The van der Waals surface area contributed by atoms with Crippen LogP contribution in [0, 0.1) is 0 Å². The van der Waals surface area contributed by atoms with Crippen molar-refractivity contribution in [2.24, 2.45) is 0 Å². The van der Waals surface area contributed by atoms with Gasteiger partial charge in [0.1, 0.15) is 18.1 Å².